The molecule has 2 aliphatic rings. The number of rotatable bonds is 9. The van der Waals surface area contributed by atoms with E-state index in [1.165, 1.54) is 12.1 Å². The van der Waals surface area contributed by atoms with Crippen molar-refractivity contribution in [3.8, 4) is 0 Å². The number of carboxylic acids is 1. The van der Waals surface area contributed by atoms with Crippen molar-refractivity contribution in [3.63, 3.8) is 0 Å². The van der Waals surface area contributed by atoms with Crippen molar-refractivity contribution in [2.24, 2.45) is 0 Å². The molecule has 1 aromatic heterocycles. The van der Waals surface area contributed by atoms with Gasteiger partial charge in [-0.25, -0.2) is 13.4 Å². The molecule has 0 radical (unpaired) electrons. The van der Waals surface area contributed by atoms with Crippen molar-refractivity contribution in [1.29, 1.82) is 0 Å². The van der Waals surface area contributed by atoms with Crippen molar-refractivity contribution < 1.29 is 37.3 Å². The molecule has 196 valence electrons. The number of aliphatic carboxylic acids is 1. The Balaban J connectivity index is 1.55. The molecule has 2 saturated heterocycles. The molecule has 0 aliphatic carbocycles. The van der Waals surface area contributed by atoms with Crippen LogP contribution < -0.4 is 5.32 Å². The van der Waals surface area contributed by atoms with Crippen LogP contribution in [0, 0.1) is 0 Å². The van der Waals surface area contributed by atoms with E-state index in [1.54, 1.807) is 12.1 Å². The predicted molar refractivity (Wildman–Crippen MR) is 132 cm³/mol. The molecular weight excluding hydrogens is 532 g/mol. The lowest BCUT2D eigenvalue weighted by atomic mass is 10.1. The minimum atomic E-state index is -3.52. The number of aromatic nitrogens is 1. The number of ether oxygens (including phenoxy) is 3. The summed E-state index contributed by atoms with van der Waals surface area (Å²) in [6.07, 6.45) is 0.499. The maximum Gasteiger partial charge on any atom is 0.309 e. The molecule has 10 nitrogen and oxygen atoms in total. The van der Waals surface area contributed by atoms with Crippen molar-refractivity contribution in [3.05, 3.63) is 39.9 Å². The lowest BCUT2D eigenvalue weighted by Gasteiger charge is -2.27. The van der Waals surface area contributed by atoms with E-state index >= 15 is 0 Å². The number of hydrogen-bond donors (Lipinski definition) is 2. The minimum absolute atomic E-state index is 0.153. The van der Waals surface area contributed by atoms with Crippen molar-refractivity contribution >= 4 is 49.8 Å². The van der Waals surface area contributed by atoms with E-state index < -0.39 is 33.1 Å². The van der Waals surface area contributed by atoms with E-state index in [-0.39, 0.29) is 32.6 Å². The Kier molecular flexibility index (Phi) is 8.96. The highest BCUT2D eigenvalue weighted by Gasteiger charge is 2.31. The van der Waals surface area contributed by atoms with Crippen molar-refractivity contribution in [2.45, 2.75) is 54.5 Å². The summed E-state index contributed by atoms with van der Waals surface area (Å²) in [5, 5.41) is 11.3. The zero-order chi connectivity index (χ0) is 25.7. The number of carboxylic acid groups (broad SMARTS) is 1. The second-order valence-electron chi connectivity index (χ2n) is 8.55. The first-order valence-electron chi connectivity index (χ1n) is 11.6. The first kappa shape index (κ1) is 27.0. The molecule has 2 aromatic rings. The third-order valence-corrected chi connectivity index (χ3v) is 9.58. The monoisotopic (exact) mass is 558 g/mol. The zero-order valence-electron chi connectivity index (χ0n) is 19.4. The Morgan fingerprint density at radius 3 is 2.33 bits per heavy atom. The summed E-state index contributed by atoms with van der Waals surface area (Å²) in [5.41, 5.74) is 0.646. The van der Waals surface area contributed by atoms with Gasteiger partial charge in [0, 0.05) is 26.4 Å². The van der Waals surface area contributed by atoms with Crippen LogP contribution in [-0.2, 0) is 40.1 Å². The van der Waals surface area contributed by atoms with Crippen LogP contribution in [0.2, 0.25) is 4.34 Å². The second-order valence-corrected chi connectivity index (χ2v) is 12.4. The van der Waals surface area contributed by atoms with E-state index in [2.05, 4.69) is 10.3 Å². The standard InChI is InChI=1S/C23H27ClN2O8S2/c24-21-18(13-19(27)28)25-23(35-21)26-22(29)20(34-15-5-9-32-10-6-15)14-1-3-16(4-2-14)36(30,31)17-7-11-33-12-8-17/h1-4,15,17,20H,5-13H2,(H,27,28)(H,25,26,29). The molecule has 1 aromatic carbocycles. The molecule has 1 unspecified atom stereocenters. The van der Waals surface area contributed by atoms with Crippen LogP contribution in [0.25, 0.3) is 0 Å². The number of benzene rings is 1. The van der Waals surface area contributed by atoms with Gasteiger partial charge in [-0.1, -0.05) is 35.1 Å². The first-order chi connectivity index (χ1) is 17.2. The average Bonchev–Trinajstić information content (AvgIpc) is 3.21. The number of nitrogens with zero attached hydrogens (tertiary/aromatic N) is 1. The minimum Gasteiger partial charge on any atom is -0.481 e. The topological polar surface area (TPSA) is 141 Å². The van der Waals surface area contributed by atoms with Gasteiger partial charge in [0.1, 0.15) is 4.34 Å². The van der Waals surface area contributed by atoms with E-state index in [0.717, 1.165) is 11.3 Å². The highest BCUT2D eigenvalue weighted by Crippen LogP contribution is 2.32. The maximum absolute atomic E-state index is 13.3. The Bertz CT molecular complexity index is 1170. The van der Waals surface area contributed by atoms with Gasteiger partial charge in [0.2, 0.25) is 0 Å². The number of halogens is 1. The fraction of sp³-hybridized carbons (Fsp3) is 0.522. The molecule has 1 amide bonds. The van der Waals surface area contributed by atoms with Gasteiger partial charge in [-0.15, -0.1) is 0 Å². The Morgan fingerprint density at radius 2 is 1.72 bits per heavy atom. The van der Waals surface area contributed by atoms with Gasteiger partial charge in [-0.05, 0) is 43.4 Å². The molecule has 0 bridgehead atoms. The fourth-order valence-electron chi connectivity index (χ4n) is 4.12. The van der Waals surface area contributed by atoms with Crippen LogP contribution in [0.5, 0.6) is 0 Å². The second kappa shape index (κ2) is 12.0. The number of hydrogen-bond acceptors (Lipinski definition) is 9. The molecule has 2 fully saturated rings. The smallest absolute Gasteiger partial charge is 0.309 e. The van der Waals surface area contributed by atoms with E-state index in [0.29, 0.717) is 57.7 Å². The number of thiazole rings is 1. The number of amides is 1. The molecule has 2 N–H and O–H groups in total. The summed E-state index contributed by atoms with van der Waals surface area (Å²) in [4.78, 5) is 28.6. The van der Waals surface area contributed by atoms with Crippen molar-refractivity contribution in [2.75, 3.05) is 31.7 Å². The van der Waals surface area contributed by atoms with Crippen LogP contribution >= 0.6 is 22.9 Å². The van der Waals surface area contributed by atoms with Gasteiger partial charge in [0.25, 0.3) is 5.91 Å². The Hall–Kier alpha value is -2.09. The number of anilines is 1. The van der Waals surface area contributed by atoms with E-state index in [9.17, 15) is 18.0 Å². The number of nitrogens with one attached hydrogen (secondary N) is 1. The molecule has 4 rings (SSSR count). The molecule has 36 heavy (non-hydrogen) atoms. The van der Waals surface area contributed by atoms with Crippen LogP contribution in [0.15, 0.2) is 29.2 Å². The quantitative estimate of drug-likeness (QED) is 0.474. The molecule has 0 saturated carbocycles. The SMILES string of the molecule is O=C(O)Cc1nc(NC(=O)C(OC2CCOCC2)c2ccc(S(=O)(=O)C3CCOCC3)cc2)sc1Cl. The average molecular weight is 559 g/mol. The third kappa shape index (κ3) is 6.61. The van der Waals surface area contributed by atoms with Crippen LogP contribution in [0.4, 0.5) is 5.13 Å². The number of carbonyl (C=O) groups excluding carboxylic acids is 1. The highest BCUT2D eigenvalue weighted by atomic mass is 35.5. The van der Waals surface area contributed by atoms with Gasteiger partial charge in [0.05, 0.1) is 28.4 Å². The number of sulfone groups is 1. The molecular formula is C23H27ClN2O8S2. The van der Waals surface area contributed by atoms with Gasteiger partial charge in [-0.2, -0.15) is 0 Å². The summed E-state index contributed by atoms with van der Waals surface area (Å²) in [6, 6.07) is 6.17. The lowest BCUT2D eigenvalue weighted by molar-refractivity contribution is -0.136. The van der Waals surface area contributed by atoms with Gasteiger partial charge >= 0.3 is 5.97 Å². The van der Waals surface area contributed by atoms with Gasteiger partial charge < -0.3 is 19.3 Å². The van der Waals surface area contributed by atoms with E-state index in [4.69, 9.17) is 30.9 Å². The summed E-state index contributed by atoms with van der Waals surface area (Å²) in [6.45, 7) is 1.86. The van der Waals surface area contributed by atoms with Crippen LogP contribution in [0.1, 0.15) is 43.0 Å². The highest BCUT2D eigenvalue weighted by molar-refractivity contribution is 7.92. The normalized spacial score (nSPS) is 18.6. The fourth-order valence-corrected chi connectivity index (χ4v) is 6.87. The maximum atomic E-state index is 13.3. The summed E-state index contributed by atoms with van der Waals surface area (Å²) < 4.78 is 43.0. The first-order valence-corrected chi connectivity index (χ1v) is 14.3. The van der Waals surface area contributed by atoms with Gasteiger partial charge in [-0.3, -0.25) is 14.9 Å². The Labute approximate surface area is 217 Å². The Morgan fingerprint density at radius 1 is 1.11 bits per heavy atom. The zero-order valence-corrected chi connectivity index (χ0v) is 21.7. The summed E-state index contributed by atoms with van der Waals surface area (Å²) in [5.74, 6) is -1.61. The summed E-state index contributed by atoms with van der Waals surface area (Å²) >= 11 is 7.04. The van der Waals surface area contributed by atoms with Crippen LogP contribution in [0.3, 0.4) is 0 Å². The largest absolute Gasteiger partial charge is 0.481 e. The predicted octanol–water partition coefficient (Wildman–Crippen LogP) is 3.25. The molecule has 2 aliphatic heterocycles. The number of carbonyl (C=O) groups is 2. The van der Waals surface area contributed by atoms with Crippen LogP contribution in [-0.4, -0.2) is 68.2 Å². The molecule has 0 spiro atoms. The molecule has 1 atom stereocenters. The summed E-state index contributed by atoms with van der Waals surface area (Å²) in [7, 11) is -3.52. The molecule has 3 heterocycles. The third-order valence-electron chi connectivity index (χ3n) is 6.05. The van der Waals surface area contributed by atoms with E-state index in [1.807, 2.05) is 0 Å². The van der Waals surface area contributed by atoms with Gasteiger partial charge in [0.15, 0.2) is 21.1 Å². The lowest BCUT2D eigenvalue weighted by Crippen LogP contribution is -2.31. The molecule has 13 heteroatoms. The van der Waals surface area contributed by atoms with Crippen molar-refractivity contribution in [1.82, 2.24) is 4.98 Å².